The summed E-state index contributed by atoms with van der Waals surface area (Å²) >= 11 is 0. The van der Waals surface area contributed by atoms with E-state index in [1.165, 1.54) is 31.4 Å². The van der Waals surface area contributed by atoms with Crippen LogP contribution in [-0.4, -0.2) is 29.3 Å². The van der Waals surface area contributed by atoms with E-state index in [0.29, 0.717) is 12.5 Å². The lowest BCUT2D eigenvalue weighted by atomic mass is 10.2. The number of rotatable bonds is 5. The first-order valence-electron chi connectivity index (χ1n) is 8.83. The number of ether oxygens (including phenoxy) is 3. The van der Waals surface area contributed by atoms with Crippen LogP contribution < -0.4 is 0 Å². The highest BCUT2D eigenvalue weighted by molar-refractivity contribution is 5.18. The minimum atomic E-state index is -0.0475. The van der Waals surface area contributed by atoms with Crippen molar-refractivity contribution in [3.8, 4) is 0 Å². The minimum Gasteiger partial charge on any atom is -0.357 e. The van der Waals surface area contributed by atoms with Gasteiger partial charge in [0.1, 0.15) is 0 Å². The molecule has 4 rings (SSSR count). The van der Waals surface area contributed by atoms with Crippen LogP contribution in [0.3, 0.4) is 0 Å². The van der Waals surface area contributed by atoms with Gasteiger partial charge in [-0.05, 0) is 57.4 Å². The quantitative estimate of drug-likeness (QED) is 0.835. The van der Waals surface area contributed by atoms with Crippen molar-refractivity contribution in [3.63, 3.8) is 0 Å². The highest BCUT2D eigenvalue weighted by atomic mass is 16.7. The third-order valence-electron chi connectivity index (χ3n) is 4.81. The highest BCUT2D eigenvalue weighted by Crippen LogP contribution is 2.40. The van der Waals surface area contributed by atoms with E-state index in [1.54, 1.807) is 0 Å². The molecule has 0 spiro atoms. The van der Waals surface area contributed by atoms with Gasteiger partial charge in [0.15, 0.2) is 12.5 Å². The molecule has 2 atom stereocenters. The summed E-state index contributed by atoms with van der Waals surface area (Å²) in [4.78, 5) is 0. The van der Waals surface area contributed by atoms with Crippen LogP contribution in [0, 0.1) is 0 Å². The second kappa shape index (κ2) is 6.69. The number of nitrogens with zero attached hydrogens (tertiary/aromatic N) is 2. The molecule has 3 aliphatic rings. The Kier molecular flexibility index (Phi) is 4.46. The SMILES string of the molecule is c1c(C2CC2)nn(C2CCCCO2)c1COC1CCCCO1. The van der Waals surface area contributed by atoms with Crippen molar-refractivity contribution in [2.75, 3.05) is 13.2 Å². The van der Waals surface area contributed by atoms with Crippen molar-refractivity contribution in [2.24, 2.45) is 0 Å². The lowest BCUT2D eigenvalue weighted by molar-refractivity contribution is -0.171. The first kappa shape index (κ1) is 14.7. The Bertz CT molecular complexity index is 486. The zero-order valence-electron chi connectivity index (χ0n) is 13.2. The predicted molar refractivity (Wildman–Crippen MR) is 81.4 cm³/mol. The maximum absolute atomic E-state index is 5.98. The molecule has 2 saturated heterocycles. The molecule has 22 heavy (non-hydrogen) atoms. The number of hydrogen-bond donors (Lipinski definition) is 0. The third kappa shape index (κ3) is 3.36. The molecule has 5 heteroatoms. The van der Waals surface area contributed by atoms with E-state index < -0.39 is 0 Å². The maximum atomic E-state index is 5.98. The van der Waals surface area contributed by atoms with Gasteiger partial charge in [0, 0.05) is 19.1 Å². The summed E-state index contributed by atoms with van der Waals surface area (Å²) < 4.78 is 19.6. The van der Waals surface area contributed by atoms with E-state index in [2.05, 4.69) is 10.7 Å². The van der Waals surface area contributed by atoms with Gasteiger partial charge in [-0.15, -0.1) is 0 Å². The van der Waals surface area contributed by atoms with Gasteiger partial charge in [0.05, 0.1) is 18.0 Å². The van der Waals surface area contributed by atoms with Crippen LogP contribution in [0.4, 0.5) is 0 Å². The van der Waals surface area contributed by atoms with E-state index in [9.17, 15) is 0 Å². The molecule has 0 radical (unpaired) electrons. The molecule has 1 saturated carbocycles. The molecule has 1 aromatic heterocycles. The van der Waals surface area contributed by atoms with Crippen LogP contribution in [0.15, 0.2) is 6.07 Å². The van der Waals surface area contributed by atoms with E-state index in [1.807, 2.05) is 0 Å². The molecular formula is C17H26N2O3. The average molecular weight is 306 g/mol. The molecule has 0 bridgehead atoms. The Morgan fingerprint density at radius 2 is 1.86 bits per heavy atom. The molecular weight excluding hydrogens is 280 g/mol. The first-order valence-corrected chi connectivity index (χ1v) is 8.83. The van der Waals surface area contributed by atoms with Crippen LogP contribution >= 0.6 is 0 Å². The normalized spacial score (nSPS) is 29.6. The highest BCUT2D eigenvalue weighted by Gasteiger charge is 2.29. The van der Waals surface area contributed by atoms with Gasteiger partial charge >= 0.3 is 0 Å². The van der Waals surface area contributed by atoms with Gasteiger partial charge in [0.25, 0.3) is 0 Å². The zero-order chi connectivity index (χ0) is 14.8. The largest absolute Gasteiger partial charge is 0.357 e. The van der Waals surface area contributed by atoms with Crippen LogP contribution in [-0.2, 0) is 20.8 Å². The Hall–Kier alpha value is -0.910. The summed E-state index contributed by atoms with van der Waals surface area (Å²) in [5.41, 5.74) is 2.36. The fourth-order valence-corrected chi connectivity index (χ4v) is 3.33. The summed E-state index contributed by atoms with van der Waals surface area (Å²) in [6.45, 7) is 2.24. The lowest BCUT2D eigenvalue weighted by Gasteiger charge is -2.26. The number of aromatic nitrogens is 2. The van der Waals surface area contributed by atoms with Crippen molar-refractivity contribution in [1.82, 2.24) is 9.78 Å². The van der Waals surface area contributed by atoms with Gasteiger partial charge in [-0.2, -0.15) is 5.10 Å². The monoisotopic (exact) mass is 306 g/mol. The van der Waals surface area contributed by atoms with Crippen LogP contribution in [0.1, 0.15) is 74.9 Å². The fraction of sp³-hybridized carbons (Fsp3) is 0.824. The standard InChI is InChI=1S/C17H26N2O3/c1-3-9-20-16(5-1)19-14(11-15(18-19)13-7-8-13)12-22-17-6-2-4-10-21-17/h11,13,16-17H,1-10,12H2. The molecule has 3 fully saturated rings. The van der Waals surface area contributed by atoms with E-state index >= 15 is 0 Å². The van der Waals surface area contributed by atoms with Crippen molar-refractivity contribution >= 4 is 0 Å². The van der Waals surface area contributed by atoms with Crippen LogP contribution in [0.25, 0.3) is 0 Å². The first-order chi connectivity index (χ1) is 10.9. The zero-order valence-corrected chi connectivity index (χ0v) is 13.2. The average Bonchev–Trinajstić information content (AvgIpc) is 3.35. The topological polar surface area (TPSA) is 45.5 Å². The molecule has 0 aromatic carbocycles. The van der Waals surface area contributed by atoms with Gasteiger partial charge in [-0.3, -0.25) is 0 Å². The van der Waals surface area contributed by atoms with Gasteiger partial charge in [-0.1, -0.05) is 0 Å². The molecule has 2 unspecified atom stereocenters. The summed E-state index contributed by atoms with van der Waals surface area (Å²) in [7, 11) is 0. The predicted octanol–water partition coefficient (Wildman–Crippen LogP) is 3.50. The van der Waals surface area contributed by atoms with E-state index in [-0.39, 0.29) is 12.5 Å². The molecule has 0 N–H and O–H groups in total. The summed E-state index contributed by atoms with van der Waals surface area (Å²) in [5.74, 6) is 0.662. The second-order valence-electron chi connectivity index (χ2n) is 6.71. The van der Waals surface area contributed by atoms with Gasteiger partial charge in [0.2, 0.25) is 0 Å². The van der Waals surface area contributed by atoms with Crippen LogP contribution in [0.5, 0.6) is 0 Å². The van der Waals surface area contributed by atoms with Crippen molar-refractivity contribution in [1.29, 1.82) is 0 Å². The lowest BCUT2D eigenvalue weighted by Crippen LogP contribution is -2.24. The van der Waals surface area contributed by atoms with Gasteiger partial charge in [-0.25, -0.2) is 4.68 Å². The fourth-order valence-electron chi connectivity index (χ4n) is 3.33. The van der Waals surface area contributed by atoms with Crippen molar-refractivity contribution in [2.45, 2.75) is 76.4 Å². The maximum Gasteiger partial charge on any atom is 0.158 e. The Balaban J connectivity index is 1.46. The molecule has 5 nitrogen and oxygen atoms in total. The minimum absolute atomic E-state index is 0.0475. The number of hydrogen-bond acceptors (Lipinski definition) is 4. The molecule has 2 aliphatic heterocycles. The Morgan fingerprint density at radius 1 is 1.05 bits per heavy atom. The third-order valence-corrected chi connectivity index (χ3v) is 4.81. The summed E-state index contributed by atoms with van der Waals surface area (Å²) in [6, 6.07) is 2.22. The van der Waals surface area contributed by atoms with Crippen molar-refractivity contribution in [3.05, 3.63) is 17.5 Å². The Morgan fingerprint density at radius 3 is 2.55 bits per heavy atom. The molecule has 3 heterocycles. The van der Waals surface area contributed by atoms with E-state index in [4.69, 9.17) is 19.3 Å². The molecule has 1 aliphatic carbocycles. The molecule has 122 valence electrons. The molecule has 0 amide bonds. The van der Waals surface area contributed by atoms with E-state index in [0.717, 1.165) is 44.6 Å². The van der Waals surface area contributed by atoms with Crippen LogP contribution in [0.2, 0.25) is 0 Å². The smallest absolute Gasteiger partial charge is 0.158 e. The van der Waals surface area contributed by atoms with Gasteiger partial charge < -0.3 is 14.2 Å². The Labute approximate surface area is 131 Å². The summed E-state index contributed by atoms with van der Waals surface area (Å²) in [5, 5.41) is 4.83. The second-order valence-corrected chi connectivity index (χ2v) is 6.71. The summed E-state index contributed by atoms with van der Waals surface area (Å²) in [6.07, 6.45) is 9.37. The molecule has 1 aromatic rings. The van der Waals surface area contributed by atoms with Crippen molar-refractivity contribution < 1.29 is 14.2 Å².